The number of fused-ring (bicyclic) bond motifs is 2. The Morgan fingerprint density at radius 3 is 2.93 bits per heavy atom. The lowest BCUT2D eigenvalue weighted by Crippen LogP contribution is -2.30. The quantitative estimate of drug-likeness (QED) is 0.416. The zero-order valence-electron chi connectivity index (χ0n) is 15.7. The molecule has 4 aromatic heterocycles. The molecule has 0 saturated heterocycles. The Morgan fingerprint density at radius 1 is 1.03 bits per heavy atom. The average Bonchev–Trinajstić information content (AvgIpc) is 3.39. The molecular weight excluding hydrogens is 364 g/mol. The molecule has 0 spiro atoms. The number of nitrogens with zero attached hydrogens (tertiary/aromatic N) is 3. The van der Waals surface area contributed by atoms with E-state index in [0.29, 0.717) is 12.4 Å². The molecule has 0 unspecified atom stereocenters. The Kier molecular flexibility index (Phi) is 4.42. The SMILES string of the molecule is N[C@H](COc1cncc(-c2cc3cn[nH]c3cn2)c1)Cc1c[nH]c2ccccc12. The summed E-state index contributed by atoms with van der Waals surface area (Å²) >= 11 is 0. The third-order valence-electron chi connectivity index (χ3n) is 4.95. The van der Waals surface area contributed by atoms with Crippen molar-refractivity contribution in [2.24, 2.45) is 5.73 Å². The molecule has 0 radical (unpaired) electrons. The van der Waals surface area contributed by atoms with Crippen LogP contribution in [0.25, 0.3) is 33.1 Å². The summed E-state index contributed by atoms with van der Waals surface area (Å²) in [6.07, 6.45) is 9.76. The number of benzene rings is 1. The molecule has 1 atom stereocenters. The first kappa shape index (κ1) is 17.4. The van der Waals surface area contributed by atoms with Gasteiger partial charge in [-0.3, -0.25) is 15.1 Å². The number of ether oxygens (including phenoxy) is 1. The summed E-state index contributed by atoms with van der Waals surface area (Å²) in [6.45, 7) is 0.402. The van der Waals surface area contributed by atoms with Gasteiger partial charge in [-0.1, -0.05) is 18.2 Å². The van der Waals surface area contributed by atoms with E-state index >= 15 is 0 Å². The zero-order valence-corrected chi connectivity index (χ0v) is 15.7. The van der Waals surface area contributed by atoms with E-state index in [2.05, 4.69) is 37.3 Å². The lowest BCUT2D eigenvalue weighted by molar-refractivity contribution is 0.287. The van der Waals surface area contributed by atoms with Crippen LogP contribution in [0.2, 0.25) is 0 Å². The summed E-state index contributed by atoms with van der Waals surface area (Å²) in [7, 11) is 0. The van der Waals surface area contributed by atoms with Crippen LogP contribution in [-0.2, 0) is 6.42 Å². The van der Waals surface area contributed by atoms with Crippen molar-refractivity contribution in [3.63, 3.8) is 0 Å². The summed E-state index contributed by atoms with van der Waals surface area (Å²) in [5, 5.41) is 9.14. The van der Waals surface area contributed by atoms with Crippen molar-refractivity contribution in [3.05, 3.63) is 72.9 Å². The molecule has 0 aliphatic heterocycles. The van der Waals surface area contributed by atoms with Gasteiger partial charge in [-0.15, -0.1) is 0 Å². The van der Waals surface area contributed by atoms with Crippen molar-refractivity contribution in [1.29, 1.82) is 0 Å². The second kappa shape index (κ2) is 7.37. The summed E-state index contributed by atoms with van der Waals surface area (Å²) in [5.41, 5.74) is 11.2. The largest absolute Gasteiger partial charge is 0.490 e. The van der Waals surface area contributed by atoms with E-state index in [9.17, 15) is 0 Å². The van der Waals surface area contributed by atoms with E-state index in [1.807, 2.05) is 30.5 Å². The van der Waals surface area contributed by atoms with E-state index in [0.717, 1.165) is 34.1 Å². The monoisotopic (exact) mass is 384 g/mol. The molecule has 7 heteroatoms. The van der Waals surface area contributed by atoms with Crippen molar-refractivity contribution in [2.45, 2.75) is 12.5 Å². The van der Waals surface area contributed by atoms with Crippen LogP contribution in [0.1, 0.15) is 5.56 Å². The fraction of sp³-hybridized carbons (Fsp3) is 0.136. The van der Waals surface area contributed by atoms with Crippen LogP contribution in [-0.4, -0.2) is 37.8 Å². The Labute approximate surface area is 167 Å². The smallest absolute Gasteiger partial charge is 0.138 e. The summed E-state index contributed by atoms with van der Waals surface area (Å²) in [4.78, 5) is 12.0. The minimum Gasteiger partial charge on any atom is -0.490 e. The van der Waals surface area contributed by atoms with Crippen LogP contribution in [0.4, 0.5) is 0 Å². The van der Waals surface area contributed by atoms with Gasteiger partial charge >= 0.3 is 0 Å². The van der Waals surface area contributed by atoms with Crippen molar-refractivity contribution in [3.8, 4) is 17.0 Å². The van der Waals surface area contributed by atoms with Gasteiger partial charge in [-0.05, 0) is 30.2 Å². The van der Waals surface area contributed by atoms with Gasteiger partial charge in [0.2, 0.25) is 0 Å². The number of H-pyrrole nitrogens is 2. The minimum atomic E-state index is -0.127. The summed E-state index contributed by atoms with van der Waals surface area (Å²) in [6, 6.07) is 12.0. The van der Waals surface area contributed by atoms with Gasteiger partial charge in [0.25, 0.3) is 0 Å². The van der Waals surface area contributed by atoms with Crippen LogP contribution < -0.4 is 10.5 Å². The minimum absolute atomic E-state index is 0.127. The molecule has 7 nitrogen and oxygen atoms in total. The topological polar surface area (TPSA) is 106 Å². The van der Waals surface area contributed by atoms with E-state index in [1.54, 1.807) is 24.8 Å². The third-order valence-corrected chi connectivity index (χ3v) is 4.95. The average molecular weight is 384 g/mol. The molecule has 1 aromatic carbocycles. The third kappa shape index (κ3) is 3.55. The van der Waals surface area contributed by atoms with Gasteiger partial charge < -0.3 is 15.5 Å². The van der Waals surface area contributed by atoms with Crippen molar-refractivity contribution >= 4 is 21.8 Å². The lowest BCUT2D eigenvalue weighted by Gasteiger charge is -2.13. The highest BCUT2D eigenvalue weighted by Gasteiger charge is 2.11. The molecule has 4 heterocycles. The van der Waals surface area contributed by atoms with Gasteiger partial charge in [0.1, 0.15) is 12.4 Å². The molecular formula is C22H20N6O. The molecule has 0 aliphatic carbocycles. The first-order valence-electron chi connectivity index (χ1n) is 9.44. The molecule has 4 N–H and O–H groups in total. The predicted molar refractivity (Wildman–Crippen MR) is 113 cm³/mol. The molecule has 0 fully saturated rings. The Morgan fingerprint density at radius 2 is 1.97 bits per heavy atom. The summed E-state index contributed by atoms with van der Waals surface area (Å²) in [5.74, 6) is 0.672. The molecule has 144 valence electrons. The van der Waals surface area contributed by atoms with Gasteiger partial charge in [0, 0.05) is 40.3 Å². The Balaban J connectivity index is 1.27. The van der Waals surface area contributed by atoms with E-state index in [4.69, 9.17) is 10.5 Å². The molecule has 5 rings (SSSR count). The first-order valence-corrected chi connectivity index (χ1v) is 9.44. The zero-order chi connectivity index (χ0) is 19.6. The van der Waals surface area contributed by atoms with Crippen LogP contribution >= 0.6 is 0 Å². The van der Waals surface area contributed by atoms with Crippen molar-refractivity contribution < 1.29 is 4.74 Å². The second-order valence-corrected chi connectivity index (χ2v) is 7.07. The number of hydrogen-bond donors (Lipinski definition) is 3. The van der Waals surface area contributed by atoms with Gasteiger partial charge in [-0.25, -0.2) is 0 Å². The van der Waals surface area contributed by atoms with Crippen LogP contribution in [0.15, 0.2) is 67.4 Å². The lowest BCUT2D eigenvalue weighted by atomic mass is 10.1. The van der Waals surface area contributed by atoms with E-state index in [1.165, 1.54) is 10.9 Å². The summed E-state index contributed by atoms with van der Waals surface area (Å²) < 4.78 is 5.92. The molecule has 5 aromatic rings. The standard InChI is InChI=1S/C22H20N6O/c23-17(5-14-9-25-20-4-2-1-3-19(14)20)13-29-18-6-15(8-24-11-18)21-7-16-10-27-28-22(16)12-26-21/h1-4,6-12,17,25H,5,13,23H2,(H,27,28)/t17-/m0/s1. The molecule has 29 heavy (non-hydrogen) atoms. The number of nitrogens with one attached hydrogen (secondary N) is 2. The normalized spacial score (nSPS) is 12.4. The highest BCUT2D eigenvalue weighted by Crippen LogP contribution is 2.24. The van der Waals surface area contributed by atoms with Gasteiger partial charge in [-0.2, -0.15) is 5.10 Å². The first-order chi connectivity index (χ1) is 14.3. The van der Waals surface area contributed by atoms with E-state index in [-0.39, 0.29) is 6.04 Å². The van der Waals surface area contributed by atoms with E-state index < -0.39 is 0 Å². The number of para-hydroxylation sites is 1. The maximum absolute atomic E-state index is 6.32. The Bertz CT molecular complexity index is 1270. The van der Waals surface area contributed by atoms with Crippen LogP contribution in [0, 0.1) is 0 Å². The second-order valence-electron chi connectivity index (χ2n) is 7.07. The maximum atomic E-state index is 6.32. The van der Waals surface area contributed by atoms with Crippen molar-refractivity contribution in [2.75, 3.05) is 6.61 Å². The van der Waals surface area contributed by atoms with Gasteiger partial charge in [0.05, 0.1) is 29.8 Å². The number of aromatic nitrogens is 5. The van der Waals surface area contributed by atoms with Crippen LogP contribution in [0.5, 0.6) is 5.75 Å². The number of aromatic amines is 2. The number of rotatable bonds is 6. The van der Waals surface area contributed by atoms with Crippen molar-refractivity contribution in [1.82, 2.24) is 25.1 Å². The maximum Gasteiger partial charge on any atom is 0.138 e. The Hall–Kier alpha value is -3.71. The molecule has 0 saturated carbocycles. The van der Waals surface area contributed by atoms with Crippen LogP contribution in [0.3, 0.4) is 0 Å². The molecule has 0 amide bonds. The molecule has 0 bridgehead atoms. The fourth-order valence-corrected chi connectivity index (χ4v) is 3.48. The highest BCUT2D eigenvalue weighted by molar-refractivity contribution is 5.83. The number of pyridine rings is 2. The number of hydrogen-bond acceptors (Lipinski definition) is 5. The number of nitrogens with two attached hydrogens (primary N) is 1. The van der Waals surface area contributed by atoms with Gasteiger partial charge in [0.15, 0.2) is 0 Å². The highest BCUT2D eigenvalue weighted by atomic mass is 16.5. The predicted octanol–water partition coefficient (Wildman–Crippen LogP) is 3.45. The molecule has 0 aliphatic rings. The fourth-order valence-electron chi connectivity index (χ4n) is 3.48.